The van der Waals surface area contributed by atoms with Crippen molar-refractivity contribution in [2.24, 2.45) is 5.92 Å². The van der Waals surface area contributed by atoms with Crippen LogP contribution in [0.5, 0.6) is 5.75 Å². The minimum absolute atomic E-state index is 0.0628. The third kappa shape index (κ3) is 2.80. The molecule has 130 valence electrons. The zero-order chi connectivity index (χ0) is 16.7. The molecule has 3 aliphatic rings. The van der Waals surface area contributed by atoms with E-state index in [0.717, 1.165) is 30.8 Å². The van der Waals surface area contributed by atoms with Crippen molar-refractivity contribution in [3.8, 4) is 5.75 Å². The van der Waals surface area contributed by atoms with E-state index in [4.69, 9.17) is 14.2 Å². The smallest absolute Gasteiger partial charge is 0.226 e. The molecule has 4 atom stereocenters. The Hall–Kier alpha value is -1.59. The van der Waals surface area contributed by atoms with Crippen LogP contribution in [0.2, 0.25) is 0 Å². The molecule has 0 radical (unpaired) electrons. The fourth-order valence-corrected chi connectivity index (χ4v) is 4.22. The molecular formula is C19H25NO4. The Labute approximate surface area is 142 Å². The first-order valence-electron chi connectivity index (χ1n) is 8.79. The number of rotatable bonds is 3. The van der Waals surface area contributed by atoms with Crippen LogP contribution in [0.15, 0.2) is 24.3 Å². The highest BCUT2D eigenvalue weighted by Gasteiger charge is 2.50. The summed E-state index contributed by atoms with van der Waals surface area (Å²) in [5.74, 6) is 1.50. The Morgan fingerprint density at radius 1 is 1.38 bits per heavy atom. The minimum Gasteiger partial charge on any atom is -0.496 e. The van der Waals surface area contributed by atoms with Gasteiger partial charge in [0.25, 0.3) is 0 Å². The van der Waals surface area contributed by atoms with Gasteiger partial charge in [0.15, 0.2) is 0 Å². The van der Waals surface area contributed by atoms with Gasteiger partial charge in [-0.15, -0.1) is 0 Å². The standard InChI is InChI=1S/C19H25NO4/c1-13-10-20(11-19(24-13)7-8-23-12-19)18(21)16-9-15(16)14-5-3-4-6-17(14)22-2/h3-6,13,15-16H,7-12H2,1-2H3/t13?,15-,16+,19?/m0/s1. The van der Waals surface area contributed by atoms with Crippen molar-refractivity contribution in [3.05, 3.63) is 29.8 Å². The van der Waals surface area contributed by atoms with E-state index in [0.29, 0.717) is 19.7 Å². The summed E-state index contributed by atoms with van der Waals surface area (Å²) < 4.78 is 17.1. The van der Waals surface area contributed by atoms with E-state index in [9.17, 15) is 4.79 Å². The molecule has 3 fully saturated rings. The molecule has 2 unspecified atom stereocenters. The molecule has 5 heteroatoms. The van der Waals surface area contributed by atoms with Crippen molar-refractivity contribution in [2.45, 2.75) is 37.4 Å². The average molecular weight is 331 g/mol. The summed E-state index contributed by atoms with van der Waals surface area (Å²) in [6, 6.07) is 8.02. The maximum absolute atomic E-state index is 13.0. The molecule has 1 spiro atoms. The fourth-order valence-electron chi connectivity index (χ4n) is 4.22. The number of ether oxygens (including phenoxy) is 3. The number of amides is 1. The van der Waals surface area contributed by atoms with E-state index >= 15 is 0 Å². The summed E-state index contributed by atoms with van der Waals surface area (Å²) in [4.78, 5) is 15.0. The Balaban J connectivity index is 1.47. The third-order valence-corrected chi connectivity index (χ3v) is 5.43. The number of hydrogen-bond donors (Lipinski definition) is 0. The second kappa shape index (κ2) is 6.05. The monoisotopic (exact) mass is 331 g/mol. The van der Waals surface area contributed by atoms with Crippen LogP contribution in [-0.4, -0.2) is 55.9 Å². The lowest BCUT2D eigenvalue weighted by molar-refractivity contribution is -0.167. The van der Waals surface area contributed by atoms with E-state index in [2.05, 4.69) is 6.07 Å². The molecule has 24 heavy (non-hydrogen) atoms. The van der Waals surface area contributed by atoms with Gasteiger partial charge in [0.2, 0.25) is 5.91 Å². The highest BCUT2D eigenvalue weighted by molar-refractivity contribution is 5.83. The third-order valence-electron chi connectivity index (χ3n) is 5.43. The van der Waals surface area contributed by atoms with Gasteiger partial charge < -0.3 is 19.1 Å². The van der Waals surface area contributed by atoms with E-state index in [-0.39, 0.29) is 29.4 Å². The number of hydrogen-bond acceptors (Lipinski definition) is 4. The predicted octanol–water partition coefficient (Wildman–Crippen LogP) is 2.21. The quantitative estimate of drug-likeness (QED) is 0.852. The first-order chi connectivity index (χ1) is 11.6. The number of carbonyl (C=O) groups excluding carboxylic acids is 1. The zero-order valence-electron chi connectivity index (χ0n) is 14.4. The summed E-state index contributed by atoms with van der Waals surface area (Å²) in [5.41, 5.74) is 0.862. The summed E-state index contributed by atoms with van der Waals surface area (Å²) in [7, 11) is 1.69. The Kier molecular flexibility index (Phi) is 4.01. The number of morpholine rings is 1. The maximum Gasteiger partial charge on any atom is 0.226 e. The number of nitrogens with zero attached hydrogens (tertiary/aromatic N) is 1. The maximum atomic E-state index is 13.0. The predicted molar refractivity (Wildman–Crippen MR) is 89.1 cm³/mol. The Morgan fingerprint density at radius 3 is 2.96 bits per heavy atom. The largest absolute Gasteiger partial charge is 0.496 e. The van der Waals surface area contributed by atoms with Crippen molar-refractivity contribution in [3.63, 3.8) is 0 Å². The van der Waals surface area contributed by atoms with Gasteiger partial charge in [0, 0.05) is 25.5 Å². The topological polar surface area (TPSA) is 48.0 Å². The summed E-state index contributed by atoms with van der Waals surface area (Å²) in [6.45, 7) is 4.70. The molecule has 1 aromatic carbocycles. The first kappa shape index (κ1) is 15.9. The highest BCUT2D eigenvalue weighted by Crippen LogP contribution is 2.51. The van der Waals surface area contributed by atoms with Crippen molar-refractivity contribution in [2.75, 3.05) is 33.4 Å². The number of methoxy groups -OCH3 is 1. The fraction of sp³-hybridized carbons (Fsp3) is 0.632. The van der Waals surface area contributed by atoms with Gasteiger partial charge in [-0.1, -0.05) is 18.2 Å². The number of para-hydroxylation sites is 1. The van der Waals surface area contributed by atoms with Crippen LogP contribution in [0.1, 0.15) is 31.2 Å². The van der Waals surface area contributed by atoms with Crippen molar-refractivity contribution in [1.82, 2.24) is 4.90 Å². The van der Waals surface area contributed by atoms with Crippen molar-refractivity contribution >= 4 is 5.91 Å². The highest BCUT2D eigenvalue weighted by atomic mass is 16.6. The van der Waals surface area contributed by atoms with Crippen LogP contribution >= 0.6 is 0 Å². The molecule has 1 aromatic rings. The lowest BCUT2D eigenvalue weighted by Gasteiger charge is -2.43. The minimum atomic E-state index is -0.290. The molecular weight excluding hydrogens is 306 g/mol. The molecule has 1 aliphatic carbocycles. The summed E-state index contributed by atoms with van der Waals surface area (Å²) >= 11 is 0. The van der Waals surface area contributed by atoms with E-state index < -0.39 is 0 Å². The molecule has 1 amide bonds. The first-order valence-corrected chi connectivity index (χ1v) is 8.79. The molecule has 0 aromatic heterocycles. The van der Waals surface area contributed by atoms with Crippen LogP contribution < -0.4 is 4.74 Å². The van der Waals surface area contributed by atoms with Crippen LogP contribution in [0.3, 0.4) is 0 Å². The van der Waals surface area contributed by atoms with E-state index in [1.165, 1.54) is 0 Å². The van der Waals surface area contributed by atoms with Gasteiger partial charge in [-0.2, -0.15) is 0 Å². The molecule has 1 saturated carbocycles. The molecule has 2 aliphatic heterocycles. The number of carbonyl (C=O) groups is 1. The molecule has 2 saturated heterocycles. The zero-order valence-corrected chi connectivity index (χ0v) is 14.4. The molecule has 0 bridgehead atoms. The second-order valence-electron chi connectivity index (χ2n) is 7.32. The van der Waals surface area contributed by atoms with Gasteiger partial charge >= 0.3 is 0 Å². The van der Waals surface area contributed by atoms with Gasteiger partial charge in [0.1, 0.15) is 11.4 Å². The Bertz CT molecular complexity index is 626. The van der Waals surface area contributed by atoms with E-state index in [1.807, 2.05) is 30.0 Å². The molecule has 0 N–H and O–H groups in total. The van der Waals surface area contributed by atoms with Crippen molar-refractivity contribution in [1.29, 1.82) is 0 Å². The summed E-state index contributed by atoms with van der Waals surface area (Å²) in [5, 5.41) is 0. The van der Waals surface area contributed by atoms with Crippen LogP contribution in [0, 0.1) is 5.92 Å². The normalized spacial score (nSPS) is 35.2. The van der Waals surface area contributed by atoms with Gasteiger partial charge in [-0.3, -0.25) is 4.79 Å². The van der Waals surface area contributed by atoms with Gasteiger partial charge in [-0.25, -0.2) is 0 Å². The molecule has 2 heterocycles. The lowest BCUT2D eigenvalue weighted by Crippen LogP contribution is -2.57. The lowest BCUT2D eigenvalue weighted by atomic mass is 9.98. The molecule has 4 rings (SSSR count). The average Bonchev–Trinajstić information content (AvgIpc) is 3.27. The van der Waals surface area contributed by atoms with Crippen LogP contribution in [0.4, 0.5) is 0 Å². The van der Waals surface area contributed by atoms with E-state index in [1.54, 1.807) is 7.11 Å². The SMILES string of the molecule is COc1ccccc1[C@@H]1C[C@H]1C(=O)N1CC(C)OC2(CCOC2)C1. The number of benzene rings is 1. The van der Waals surface area contributed by atoms with Gasteiger partial charge in [0.05, 0.1) is 26.4 Å². The van der Waals surface area contributed by atoms with Gasteiger partial charge in [-0.05, 0) is 30.9 Å². The molecule has 5 nitrogen and oxygen atoms in total. The van der Waals surface area contributed by atoms with Crippen LogP contribution in [0.25, 0.3) is 0 Å². The van der Waals surface area contributed by atoms with Crippen molar-refractivity contribution < 1.29 is 19.0 Å². The summed E-state index contributed by atoms with van der Waals surface area (Å²) in [6.07, 6.45) is 1.85. The second-order valence-corrected chi connectivity index (χ2v) is 7.32. The Morgan fingerprint density at radius 2 is 2.21 bits per heavy atom. The van der Waals surface area contributed by atoms with Crippen LogP contribution in [-0.2, 0) is 14.3 Å².